The van der Waals surface area contributed by atoms with Gasteiger partial charge in [0, 0.05) is 24.4 Å². The Labute approximate surface area is 70.0 Å². The van der Waals surface area contributed by atoms with E-state index in [1.807, 2.05) is 0 Å². The van der Waals surface area contributed by atoms with Gasteiger partial charge in [-0.3, -0.25) is 4.98 Å². The molecule has 0 aliphatic carbocycles. The summed E-state index contributed by atoms with van der Waals surface area (Å²) in [6, 6.07) is 1.08. The molecule has 4 heteroatoms. The lowest BCUT2D eigenvalue weighted by molar-refractivity contribution is 0.275. The van der Waals surface area contributed by atoms with E-state index < -0.39 is 11.9 Å². The lowest BCUT2D eigenvalue weighted by atomic mass is 10.1. The molecule has 0 radical (unpaired) electrons. The third-order valence-electron chi connectivity index (χ3n) is 1.64. The van der Waals surface area contributed by atoms with Crippen LogP contribution in [0.15, 0.2) is 18.5 Å². The molecule has 1 heterocycles. The Kier molecular flexibility index (Phi) is 3.13. The lowest BCUT2D eigenvalue weighted by Crippen LogP contribution is -2.13. The van der Waals surface area contributed by atoms with Crippen molar-refractivity contribution in [1.82, 2.24) is 4.98 Å². The van der Waals surface area contributed by atoms with Gasteiger partial charge in [-0.15, -0.1) is 0 Å². The highest BCUT2D eigenvalue weighted by Gasteiger charge is 2.09. The summed E-state index contributed by atoms with van der Waals surface area (Å²) in [6.07, 6.45) is 2.96. The first-order valence-electron chi connectivity index (χ1n) is 3.71. The molecule has 12 heavy (non-hydrogen) atoms. The van der Waals surface area contributed by atoms with Gasteiger partial charge in [0.15, 0.2) is 0 Å². The van der Waals surface area contributed by atoms with Crippen molar-refractivity contribution < 1.29 is 9.50 Å². The average molecular weight is 170 g/mol. The van der Waals surface area contributed by atoms with Crippen LogP contribution in [0.1, 0.15) is 18.0 Å². The van der Waals surface area contributed by atoms with E-state index in [9.17, 15) is 4.39 Å². The van der Waals surface area contributed by atoms with Crippen molar-refractivity contribution in [2.45, 2.75) is 12.5 Å². The molecule has 0 saturated carbocycles. The van der Waals surface area contributed by atoms with Crippen molar-refractivity contribution in [1.29, 1.82) is 0 Å². The molecule has 0 aromatic carbocycles. The molecule has 0 saturated heterocycles. The first-order valence-corrected chi connectivity index (χ1v) is 3.71. The second kappa shape index (κ2) is 4.13. The fourth-order valence-electron chi connectivity index (χ4n) is 0.981. The Hall–Kier alpha value is -1.00. The van der Waals surface area contributed by atoms with Gasteiger partial charge in [0.25, 0.3) is 0 Å². The number of aromatic nitrogens is 1. The molecule has 3 N–H and O–H groups in total. The Bertz CT molecular complexity index is 255. The predicted molar refractivity (Wildman–Crippen MR) is 42.8 cm³/mol. The first kappa shape index (κ1) is 9.09. The highest BCUT2D eigenvalue weighted by molar-refractivity contribution is 5.16. The van der Waals surface area contributed by atoms with Gasteiger partial charge < -0.3 is 10.8 Å². The van der Waals surface area contributed by atoms with Crippen molar-refractivity contribution in [2.75, 3.05) is 6.61 Å². The summed E-state index contributed by atoms with van der Waals surface area (Å²) in [6.45, 7) is -0.0388. The van der Waals surface area contributed by atoms with Crippen LogP contribution in [0, 0.1) is 5.82 Å². The summed E-state index contributed by atoms with van der Waals surface area (Å²) < 4.78 is 12.9. The summed E-state index contributed by atoms with van der Waals surface area (Å²) in [5.41, 5.74) is 5.98. The smallest absolute Gasteiger partial charge is 0.146 e. The normalized spacial score (nSPS) is 12.9. The number of nitrogens with two attached hydrogens (primary N) is 1. The summed E-state index contributed by atoms with van der Waals surface area (Å²) >= 11 is 0. The number of aliphatic hydroxyl groups excluding tert-OH is 1. The second-order valence-electron chi connectivity index (χ2n) is 2.52. The number of hydrogen-bond donors (Lipinski definition) is 2. The van der Waals surface area contributed by atoms with Gasteiger partial charge in [0.1, 0.15) is 5.82 Å². The van der Waals surface area contributed by atoms with Crippen molar-refractivity contribution >= 4 is 0 Å². The molecule has 3 nitrogen and oxygen atoms in total. The Morgan fingerprint density at radius 3 is 3.00 bits per heavy atom. The maximum Gasteiger partial charge on any atom is 0.146 e. The first-order chi connectivity index (χ1) is 5.75. The van der Waals surface area contributed by atoms with Crippen LogP contribution in [0.2, 0.25) is 0 Å². The number of nitrogens with zero attached hydrogens (tertiary/aromatic N) is 1. The maximum atomic E-state index is 12.9. The molecule has 0 amide bonds. The van der Waals surface area contributed by atoms with Crippen molar-refractivity contribution in [3.63, 3.8) is 0 Å². The molecule has 1 rings (SSSR count). The van der Waals surface area contributed by atoms with Gasteiger partial charge in [0.2, 0.25) is 0 Å². The second-order valence-corrected chi connectivity index (χ2v) is 2.52. The molecular formula is C8H11FN2O. The minimum atomic E-state index is -0.446. The molecule has 0 fully saturated rings. The third-order valence-corrected chi connectivity index (χ3v) is 1.64. The van der Waals surface area contributed by atoms with E-state index >= 15 is 0 Å². The summed E-state index contributed by atoms with van der Waals surface area (Å²) in [5, 5.41) is 8.57. The molecular weight excluding hydrogens is 159 g/mol. The Balaban J connectivity index is 2.79. The fourth-order valence-corrected chi connectivity index (χ4v) is 0.981. The van der Waals surface area contributed by atoms with E-state index in [-0.39, 0.29) is 6.61 Å². The molecule has 0 bridgehead atoms. The van der Waals surface area contributed by atoms with Crippen LogP contribution in [0.5, 0.6) is 0 Å². The monoisotopic (exact) mass is 170 g/mol. The molecule has 66 valence electrons. The van der Waals surface area contributed by atoms with Crippen LogP contribution >= 0.6 is 0 Å². The third kappa shape index (κ3) is 1.99. The number of halogens is 1. The van der Waals surface area contributed by atoms with Crippen LogP contribution < -0.4 is 5.73 Å². The van der Waals surface area contributed by atoms with Crippen LogP contribution in [0.3, 0.4) is 0 Å². The maximum absolute atomic E-state index is 12.9. The summed E-state index contributed by atoms with van der Waals surface area (Å²) in [5.74, 6) is -0.418. The molecule has 0 unspecified atom stereocenters. The Morgan fingerprint density at radius 1 is 1.67 bits per heavy atom. The van der Waals surface area contributed by atoms with Crippen LogP contribution in [-0.2, 0) is 0 Å². The SMILES string of the molecule is N[C@H](CCO)c1ccncc1F. The summed E-state index contributed by atoms with van der Waals surface area (Å²) in [7, 11) is 0. The number of pyridine rings is 1. The van der Waals surface area contributed by atoms with Gasteiger partial charge in [-0.1, -0.05) is 0 Å². The average Bonchev–Trinajstić information content (AvgIpc) is 2.05. The standard InChI is InChI=1S/C8H11FN2O/c9-7-5-11-3-1-6(7)8(10)2-4-12/h1,3,5,8,12H,2,4,10H2/t8-/m1/s1. The van der Waals surface area contributed by atoms with E-state index in [2.05, 4.69) is 4.98 Å². The molecule has 0 aliphatic heterocycles. The number of rotatable bonds is 3. The van der Waals surface area contributed by atoms with Gasteiger partial charge in [-0.05, 0) is 12.5 Å². The minimum absolute atomic E-state index is 0.0388. The zero-order valence-electron chi connectivity index (χ0n) is 6.57. The fraction of sp³-hybridized carbons (Fsp3) is 0.375. The highest BCUT2D eigenvalue weighted by atomic mass is 19.1. The van der Waals surface area contributed by atoms with Crippen LogP contribution in [0.4, 0.5) is 4.39 Å². The number of hydrogen-bond acceptors (Lipinski definition) is 3. The van der Waals surface area contributed by atoms with E-state index in [0.29, 0.717) is 12.0 Å². The molecule has 0 spiro atoms. The summed E-state index contributed by atoms with van der Waals surface area (Å²) in [4.78, 5) is 3.59. The van der Waals surface area contributed by atoms with E-state index in [1.165, 1.54) is 12.3 Å². The van der Waals surface area contributed by atoms with Crippen molar-refractivity contribution in [3.05, 3.63) is 29.8 Å². The largest absolute Gasteiger partial charge is 0.396 e. The van der Waals surface area contributed by atoms with E-state index in [4.69, 9.17) is 10.8 Å². The Morgan fingerprint density at radius 2 is 2.42 bits per heavy atom. The zero-order valence-corrected chi connectivity index (χ0v) is 6.57. The minimum Gasteiger partial charge on any atom is -0.396 e. The van der Waals surface area contributed by atoms with Crippen LogP contribution in [0.25, 0.3) is 0 Å². The van der Waals surface area contributed by atoms with Crippen LogP contribution in [-0.4, -0.2) is 16.7 Å². The van der Waals surface area contributed by atoms with Crippen molar-refractivity contribution in [3.8, 4) is 0 Å². The lowest BCUT2D eigenvalue weighted by Gasteiger charge is -2.09. The van der Waals surface area contributed by atoms with Gasteiger partial charge in [-0.2, -0.15) is 0 Å². The van der Waals surface area contributed by atoms with E-state index in [0.717, 1.165) is 6.20 Å². The number of aliphatic hydroxyl groups is 1. The molecule has 1 aromatic heterocycles. The molecule has 0 aliphatic rings. The molecule has 1 aromatic rings. The highest BCUT2D eigenvalue weighted by Crippen LogP contribution is 2.15. The van der Waals surface area contributed by atoms with E-state index in [1.54, 1.807) is 0 Å². The topological polar surface area (TPSA) is 59.1 Å². The zero-order chi connectivity index (χ0) is 8.97. The van der Waals surface area contributed by atoms with Crippen molar-refractivity contribution in [2.24, 2.45) is 5.73 Å². The van der Waals surface area contributed by atoms with Gasteiger partial charge in [-0.25, -0.2) is 4.39 Å². The van der Waals surface area contributed by atoms with Gasteiger partial charge in [0.05, 0.1) is 6.20 Å². The molecule has 1 atom stereocenters. The predicted octanol–water partition coefficient (Wildman–Crippen LogP) is 0.603. The van der Waals surface area contributed by atoms with Gasteiger partial charge >= 0.3 is 0 Å². The quantitative estimate of drug-likeness (QED) is 0.698.